The Balaban J connectivity index is 2.15. The van der Waals surface area contributed by atoms with Gasteiger partial charge < -0.3 is 5.73 Å². The average Bonchev–Trinajstić information content (AvgIpc) is 2.53. The van der Waals surface area contributed by atoms with Gasteiger partial charge in [0.25, 0.3) is 0 Å². The Labute approximate surface area is 105 Å². The number of hydrogen-bond donors (Lipinski definition) is 1. The van der Waals surface area contributed by atoms with Gasteiger partial charge in [-0.2, -0.15) is 5.10 Å². The largest absolute Gasteiger partial charge is 0.383 e. The van der Waals surface area contributed by atoms with Crippen LogP contribution in [0.5, 0.6) is 0 Å². The van der Waals surface area contributed by atoms with Crippen LogP contribution in [0.1, 0.15) is 17.0 Å². The van der Waals surface area contributed by atoms with E-state index in [2.05, 4.69) is 10.1 Å². The molecule has 2 heterocycles. The molecule has 0 aromatic carbocycles. The Hall–Kier alpha value is -1.55. The third-order valence-electron chi connectivity index (χ3n) is 2.82. The number of nitrogen functional groups attached to an aromatic ring is 1. The number of nitrogens with zero attached hydrogens (tertiary/aromatic N) is 3. The van der Waals surface area contributed by atoms with E-state index < -0.39 is 0 Å². The van der Waals surface area contributed by atoms with Gasteiger partial charge in [-0.15, -0.1) is 0 Å². The molecule has 90 valence electrons. The summed E-state index contributed by atoms with van der Waals surface area (Å²) in [7, 11) is 1.90. The minimum Gasteiger partial charge on any atom is -0.383 e. The Morgan fingerprint density at radius 1 is 1.41 bits per heavy atom. The minimum absolute atomic E-state index is 0.586. The van der Waals surface area contributed by atoms with Gasteiger partial charge in [-0.3, -0.25) is 4.68 Å². The van der Waals surface area contributed by atoms with Gasteiger partial charge in [0.2, 0.25) is 0 Å². The molecule has 0 aliphatic rings. The van der Waals surface area contributed by atoms with Gasteiger partial charge >= 0.3 is 0 Å². The first-order chi connectivity index (χ1) is 8.09. The van der Waals surface area contributed by atoms with Crippen molar-refractivity contribution in [1.82, 2.24) is 14.8 Å². The number of anilines is 1. The van der Waals surface area contributed by atoms with Gasteiger partial charge in [0.1, 0.15) is 5.82 Å². The number of nitrogens with two attached hydrogens (primary N) is 1. The van der Waals surface area contributed by atoms with Crippen molar-refractivity contribution in [3.8, 4) is 0 Å². The van der Waals surface area contributed by atoms with Gasteiger partial charge in [-0.1, -0.05) is 17.7 Å². The van der Waals surface area contributed by atoms with E-state index in [1.807, 2.05) is 30.8 Å². The summed E-state index contributed by atoms with van der Waals surface area (Å²) in [6, 6.07) is 3.88. The van der Waals surface area contributed by atoms with E-state index in [0.29, 0.717) is 5.82 Å². The van der Waals surface area contributed by atoms with Crippen LogP contribution in [0.2, 0.25) is 5.02 Å². The van der Waals surface area contributed by atoms with Crippen LogP contribution in [-0.2, 0) is 19.9 Å². The van der Waals surface area contributed by atoms with Gasteiger partial charge in [0.15, 0.2) is 0 Å². The summed E-state index contributed by atoms with van der Waals surface area (Å²) < 4.78 is 1.82. The maximum Gasteiger partial charge on any atom is 0.126 e. The molecule has 2 aromatic heterocycles. The van der Waals surface area contributed by atoms with Crippen molar-refractivity contribution >= 4 is 17.4 Å². The predicted molar refractivity (Wildman–Crippen MR) is 69.0 cm³/mol. The summed E-state index contributed by atoms with van der Waals surface area (Å²) in [5, 5.41) is 5.03. The summed E-state index contributed by atoms with van der Waals surface area (Å²) in [6.45, 7) is 1.91. The molecular formula is C12H15ClN4. The molecule has 2 aromatic rings. The van der Waals surface area contributed by atoms with Crippen molar-refractivity contribution in [2.24, 2.45) is 7.05 Å². The number of halogens is 1. The summed E-state index contributed by atoms with van der Waals surface area (Å²) in [5.74, 6) is 0.586. The molecule has 0 amide bonds. The Bertz CT molecular complexity index is 533. The average molecular weight is 251 g/mol. The van der Waals surface area contributed by atoms with Gasteiger partial charge in [-0.05, 0) is 31.4 Å². The number of rotatable bonds is 3. The van der Waals surface area contributed by atoms with Crippen LogP contribution in [0.25, 0.3) is 0 Å². The molecule has 2 rings (SSSR count). The molecule has 0 atom stereocenters. The molecule has 0 bridgehead atoms. The third-order valence-corrected chi connectivity index (χ3v) is 3.31. The van der Waals surface area contributed by atoms with E-state index in [-0.39, 0.29) is 0 Å². The lowest BCUT2D eigenvalue weighted by Crippen LogP contribution is -2.03. The molecule has 0 unspecified atom stereocenters. The maximum absolute atomic E-state index is 6.19. The lowest BCUT2D eigenvalue weighted by Gasteiger charge is -2.05. The van der Waals surface area contributed by atoms with Gasteiger partial charge in [0.05, 0.1) is 16.4 Å². The normalized spacial score (nSPS) is 10.8. The fourth-order valence-corrected chi connectivity index (χ4v) is 2.12. The zero-order valence-electron chi connectivity index (χ0n) is 9.94. The third kappa shape index (κ3) is 2.42. The lowest BCUT2D eigenvalue weighted by atomic mass is 10.1. The van der Waals surface area contributed by atoms with Crippen LogP contribution in [0.4, 0.5) is 5.82 Å². The standard InChI is InChI=1S/C12H15ClN4/c1-8-11(13)10(17(2)16-8)6-5-9-4-3-7-15-12(9)14/h3-4,7H,5-6H2,1-2H3,(H2,14,15). The molecule has 0 spiro atoms. The van der Waals surface area contributed by atoms with E-state index in [9.17, 15) is 0 Å². The fourth-order valence-electron chi connectivity index (χ4n) is 1.87. The summed E-state index contributed by atoms with van der Waals surface area (Å²) in [4.78, 5) is 4.06. The van der Waals surface area contributed by atoms with Crippen molar-refractivity contribution < 1.29 is 0 Å². The molecule has 0 radical (unpaired) electrons. The zero-order valence-corrected chi connectivity index (χ0v) is 10.7. The fraction of sp³-hybridized carbons (Fsp3) is 0.333. The first-order valence-corrected chi connectivity index (χ1v) is 5.84. The predicted octanol–water partition coefficient (Wildman–Crippen LogP) is 2.14. The van der Waals surface area contributed by atoms with Crippen LogP contribution in [0.3, 0.4) is 0 Å². The molecule has 0 saturated carbocycles. The van der Waals surface area contributed by atoms with E-state index in [1.54, 1.807) is 6.20 Å². The number of pyridine rings is 1. The van der Waals surface area contributed by atoms with Crippen molar-refractivity contribution in [2.75, 3.05) is 5.73 Å². The van der Waals surface area contributed by atoms with Crippen molar-refractivity contribution in [2.45, 2.75) is 19.8 Å². The van der Waals surface area contributed by atoms with E-state index in [1.165, 1.54) is 0 Å². The molecule has 5 heteroatoms. The lowest BCUT2D eigenvalue weighted by molar-refractivity contribution is 0.697. The topological polar surface area (TPSA) is 56.7 Å². The van der Waals surface area contributed by atoms with E-state index >= 15 is 0 Å². The number of aromatic nitrogens is 3. The number of aryl methyl sites for hydroxylation is 3. The van der Waals surface area contributed by atoms with Crippen LogP contribution < -0.4 is 5.73 Å². The van der Waals surface area contributed by atoms with Crippen molar-refractivity contribution in [3.63, 3.8) is 0 Å². The van der Waals surface area contributed by atoms with E-state index in [4.69, 9.17) is 17.3 Å². The molecule has 0 aliphatic carbocycles. The zero-order chi connectivity index (χ0) is 12.4. The highest BCUT2D eigenvalue weighted by Gasteiger charge is 2.11. The maximum atomic E-state index is 6.19. The van der Waals surface area contributed by atoms with Crippen molar-refractivity contribution in [3.05, 3.63) is 40.3 Å². The Morgan fingerprint density at radius 3 is 2.76 bits per heavy atom. The highest BCUT2D eigenvalue weighted by atomic mass is 35.5. The van der Waals surface area contributed by atoms with Crippen molar-refractivity contribution in [1.29, 1.82) is 0 Å². The second kappa shape index (κ2) is 4.75. The second-order valence-electron chi connectivity index (χ2n) is 4.02. The van der Waals surface area contributed by atoms with Crippen LogP contribution in [0, 0.1) is 6.92 Å². The SMILES string of the molecule is Cc1nn(C)c(CCc2cccnc2N)c1Cl. The Kier molecular flexibility index (Phi) is 3.33. The van der Waals surface area contributed by atoms with Gasteiger partial charge in [0, 0.05) is 13.2 Å². The van der Waals surface area contributed by atoms with Crippen LogP contribution in [0.15, 0.2) is 18.3 Å². The minimum atomic E-state index is 0.586. The molecule has 0 fully saturated rings. The summed E-state index contributed by atoms with van der Waals surface area (Å²) in [6.07, 6.45) is 3.32. The summed E-state index contributed by atoms with van der Waals surface area (Å²) >= 11 is 6.19. The number of hydrogen-bond acceptors (Lipinski definition) is 3. The Morgan fingerprint density at radius 2 is 2.18 bits per heavy atom. The molecule has 0 aliphatic heterocycles. The monoisotopic (exact) mass is 250 g/mol. The molecule has 17 heavy (non-hydrogen) atoms. The quantitative estimate of drug-likeness (QED) is 0.908. The molecule has 0 saturated heterocycles. The first kappa shape index (κ1) is 11.9. The molecular weight excluding hydrogens is 236 g/mol. The highest BCUT2D eigenvalue weighted by molar-refractivity contribution is 6.31. The van der Waals surface area contributed by atoms with Crippen LogP contribution >= 0.6 is 11.6 Å². The van der Waals surface area contributed by atoms with E-state index in [0.717, 1.165) is 34.8 Å². The highest BCUT2D eigenvalue weighted by Crippen LogP contribution is 2.21. The first-order valence-electron chi connectivity index (χ1n) is 5.47. The molecule has 4 nitrogen and oxygen atoms in total. The van der Waals surface area contributed by atoms with Gasteiger partial charge in [-0.25, -0.2) is 4.98 Å². The molecule has 2 N–H and O–H groups in total. The summed E-state index contributed by atoms with van der Waals surface area (Å²) in [5.41, 5.74) is 8.74. The second-order valence-corrected chi connectivity index (χ2v) is 4.40. The van der Waals surface area contributed by atoms with Crippen LogP contribution in [-0.4, -0.2) is 14.8 Å². The smallest absolute Gasteiger partial charge is 0.126 e.